The van der Waals surface area contributed by atoms with E-state index in [9.17, 15) is 14.9 Å². The van der Waals surface area contributed by atoms with Crippen LogP contribution >= 0.6 is 11.8 Å². The summed E-state index contributed by atoms with van der Waals surface area (Å²) in [5.41, 5.74) is 5.62. The van der Waals surface area contributed by atoms with Crippen molar-refractivity contribution in [3.8, 4) is 0 Å². The molecule has 3 N–H and O–H groups in total. The molecule has 1 aromatic carbocycles. The van der Waals surface area contributed by atoms with Gasteiger partial charge in [-0.25, -0.2) is 0 Å². The van der Waals surface area contributed by atoms with Crippen molar-refractivity contribution in [1.29, 1.82) is 0 Å². The molecule has 1 aromatic rings. The molecule has 6 nitrogen and oxygen atoms in total. The number of nitrogen functional groups attached to an aromatic ring is 1. The maximum absolute atomic E-state index is 12.3. The lowest BCUT2D eigenvalue weighted by molar-refractivity contribution is -0.383. The number of nitrogens with zero attached hydrogens (tertiary/aromatic N) is 1. The molecule has 0 bridgehead atoms. The Morgan fingerprint density at radius 3 is 2.95 bits per heavy atom. The summed E-state index contributed by atoms with van der Waals surface area (Å²) in [5, 5.41) is 14.3. The van der Waals surface area contributed by atoms with E-state index < -0.39 is 4.92 Å². The lowest BCUT2D eigenvalue weighted by Gasteiger charge is -2.20. The van der Waals surface area contributed by atoms with Gasteiger partial charge >= 0.3 is 0 Å². The fraction of sp³-hybridized carbons (Fsp3) is 0.500. The second-order valence-electron chi connectivity index (χ2n) is 5.00. The zero-order chi connectivity index (χ0) is 15.4. The van der Waals surface area contributed by atoms with Crippen LogP contribution < -0.4 is 11.1 Å². The third-order valence-electron chi connectivity index (χ3n) is 3.67. The molecule has 2 atom stereocenters. The first kappa shape index (κ1) is 15.6. The number of carbonyl (C=O) groups excluding carboxylic acids is 1. The molecule has 114 valence electrons. The zero-order valence-corrected chi connectivity index (χ0v) is 12.7. The van der Waals surface area contributed by atoms with E-state index in [4.69, 9.17) is 5.73 Å². The number of carbonyl (C=O) groups is 1. The Morgan fingerprint density at radius 2 is 2.29 bits per heavy atom. The van der Waals surface area contributed by atoms with Crippen molar-refractivity contribution >= 4 is 29.0 Å². The quantitative estimate of drug-likeness (QED) is 0.495. The molecule has 1 aliphatic rings. The standard InChI is InChI=1S/C14H19N3O3S/c1-2-21-12-8-4-6-10(12)16-14(18)9-5-3-7-11(13(9)15)17(19)20/h3,5,7,10,12H,2,4,6,8,15H2,1H3,(H,16,18). The van der Waals surface area contributed by atoms with Gasteiger partial charge < -0.3 is 11.1 Å². The van der Waals surface area contributed by atoms with E-state index in [1.54, 1.807) is 0 Å². The average molecular weight is 309 g/mol. The Balaban J connectivity index is 2.14. The Hall–Kier alpha value is -1.76. The lowest BCUT2D eigenvalue weighted by Crippen LogP contribution is -2.39. The summed E-state index contributed by atoms with van der Waals surface area (Å²) in [6, 6.07) is 4.42. The minimum absolute atomic E-state index is 0.0716. The van der Waals surface area contributed by atoms with Gasteiger partial charge in [0.15, 0.2) is 0 Å². The van der Waals surface area contributed by atoms with Crippen molar-refractivity contribution in [2.45, 2.75) is 37.5 Å². The molecule has 1 amide bonds. The van der Waals surface area contributed by atoms with Crippen molar-refractivity contribution in [3.05, 3.63) is 33.9 Å². The van der Waals surface area contributed by atoms with Crippen molar-refractivity contribution in [3.63, 3.8) is 0 Å². The van der Waals surface area contributed by atoms with Crippen LogP contribution in [0, 0.1) is 10.1 Å². The number of rotatable bonds is 5. The average Bonchev–Trinajstić information content (AvgIpc) is 2.86. The molecular weight excluding hydrogens is 290 g/mol. The molecule has 0 saturated heterocycles. The molecule has 0 aromatic heterocycles. The summed E-state index contributed by atoms with van der Waals surface area (Å²) in [5.74, 6) is 0.681. The fourth-order valence-corrected chi connectivity index (χ4v) is 3.86. The van der Waals surface area contributed by atoms with Crippen molar-refractivity contribution in [2.24, 2.45) is 0 Å². The van der Waals surface area contributed by atoms with Gasteiger partial charge in [-0.05, 0) is 24.7 Å². The van der Waals surface area contributed by atoms with E-state index in [1.807, 2.05) is 11.8 Å². The highest BCUT2D eigenvalue weighted by molar-refractivity contribution is 7.99. The molecular formula is C14H19N3O3S. The number of thioether (sulfide) groups is 1. The smallest absolute Gasteiger partial charge is 0.292 e. The molecule has 1 fully saturated rings. The van der Waals surface area contributed by atoms with Crippen molar-refractivity contribution in [1.82, 2.24) is 5.32 Å². The van der Waals surface area contributed by atoms with E-state index in [2.05, 4.69) is 12.2 Å². The van der Waals surface area contributed by atoms with Crippen LogP contribution in [0.3, 0.4) is 0 Å². The predicted octanol–water partition coefficient (Wildman–Crippen LogP) is 2.58. The number of anilines is 1. The minimum atomic E-state index is -0.572. The van der Waals surface area contributed by atoms with Gasteiger partial charge in [-0.1, -0.05) is 19.4 Å². The summed E-state index contributed by atoms with van der Waals surface area (Å²) < 4.78 is 0. The lowest BCUT2D eigenvalue weighted by atomic mass is 10.1. The number of benzene rings is 1. The third kappa shape index (κ3) is 3.47. The first-order valence-electron chi connectivity index (χ1n) is 7.00. The molecule has 1 saturated carbocycles. The first-order valence-corrected chi connectivity index (χ1v) is 8.04. The molecule has 0 radical (unpaired) electrons. The Morgan fingerprint density at radius 1 is 1.52 bits per heavy atom. The summed E-state index contributed by atoms with van der Waals surface area (Å²) in [6.45, 7) is 2.10. The van der Waals surface area contributed by atoms with Gasteiger partial charge in [-0.3, -0.25) is 14.9 Å². The number of nitrogens with two attached hydrogens (primary N) is 1. The molecule has 2 rings (SSSR count). The fourth-order valence-electron chi connectivity index (χ4n) is 2.66. The highest BCUT2D eigenvalue weighted by Crippen LogP contribution is 2.31. The molecule has 0 spiro atoms. The monoisotopic (exact) mass is 309 g/mol. The van der Waals surface area contributed by atoms with E-state index >= 15 is 0 Å². The molecule has 2 unspecified atom stereocenters. The van der Waals surface area contributed by atoms with Crippen LogP contribution in [0.1, 0.15) is 36.5 Å². The molecule has 7 heteroatoms. The van der Waals surface area contributed by atoms with Crippen LogP contribution in [0.25, 0.3) is 0 Å². The van der Waals surface area contributed by atoms with Crippen LogP contribution in [0.2, 0.25) is 0 Å². The number of hydrogen-bond donors (Lipinski definition) is 2. The molecule has 0 heterocycles. The molecule has 1 aliphatic carbocycles. The second-order valence-corrected chi connectivity index (χ2v) is 6.52. The molecule has 0 aliphatic heterocycles. The van der Waals surface area contributed by atoms with Crippen molar-refractivity contribution < 1.29 is 9.72 Å². The Kier molecular flexibility index (Phi) is 5.06. The summed E-state index contributed by atoms with van der Waals surface area (Å²) in [6.07, 6.45) is 3.12. The van der Waals surface area contributed by atoms with Gasteiger partial charge in [0.25, 0.3) is 11.6 Å². The van der Waals surface area contributed by atoms with Crippen LogP contribution in [0.4, 0.5) is 11.4 Å². The number of nitro benzene ring substituents is 1. The van der Waals surface area contributed by atoms with Gasteiger partial charge in [-0.2, -0.15) is 11.8 Å². The maximum atomic E-state index is 12.3. The van der Waals surface area contributed by atoms with Crippen LogP contribution in [-0.4, -0.2) is 27.9 Å². The topological polar surface area (TPSA) is 98.3 Å². The summed E-state index contributed by atoms with van der Waals surface area (Å²) >= 11 is 1.84. The maximum Gasteiger partial charge on any atom is 0.292 e. The second kappa shape index (κ2) is 6.80. The number of para-hydroxylation sites is 1. The SMILES string of the molecule is CCSC1CCCC1NC(=O)c1cccc([N+](=O)[O-])c1N. The highest BCUT2D eigenvalue weighted by Gasteiger charge is 2.29. The summed E-state index contributed by atoms with van der Waals surface area (Å²) in [4.78, 5) is 22.6. The van der Waals surface area contributed by atoms with Gasteiger partial charge in [0.2, 0.25) is 0 Å². The predicted molar refractivity (Wildman–Crippen MR) is 84.5 cm³/mol. The van der Waals surface area contributed by atoms with E-state index in [1.165, 1.54) is 18.2 Å². The van der Waals surface area contributed by atoms with E-state index in [0.717, 1.165) is 25.0 Å². The number of nitro groups is 1. The first-order chi connectivity index (χ1) is 10.0. The van der Waals surface area contributed by atoms with Crippen molar-refractivity contribution in [2.75, 3.05) is 11.5 Å². The highest BCUT2D eigenvalue weighted by atomic mass is 32.2. The molecule has 21 heavy (non-hydrogen) atoms. The van der Waals surface area contributed by atoms with Gasteiger partial charge in [0.1, 0.15) is 5.69 Å². The third-order valence-corrected chi connectivity index (χ3v) is 5.00. The van der Waals surface area contributed by atoms with Crippen LogP contribution in [0.15, 0.2) is 18.2 Å². The van der Waals surface area contributed by atoms with Gasteiger partial charge in [0.05, 0.1) is 10.5 Å². The van der Waals surface area contributed by atoms with Gasteiger partial charge in [-0.15, -0.1) is 0 Å². The zero-order valence-electron chi connectivity index (χ0n) is 11.9. The number of amides is 1. The minimum Gasteiger partial charge on any atom is -0.393 e. The van der Waals surface area contributed by atoms with E-state index in [-0.39, 0.29) is 28.9 Å². The van der Waals surface area contributed by atoms with Gasteiger partial charge in [0, 0.05) is 17.4 Å². The largest absolute Gasteiger partial charge is 0.393 e. The van der Waals surface area contributed by atoms with Crippen LogP contribution in [0.5, 0.6) is 0 Å². The Labute approximate surface area is 127 Å². The van der Waals surface area contributed by atoms with Crippen LogP contribution in [-0.2, 0) is 0 Å². The number of nitrogens with one attached hydrogen (secondary N) is 1. The van der Waals surface area contributed by atoms with E-state index in [0.29, 0.717) is 5.25 Å². The Bertz CT molecular complexity index is 550. The summed E-state index contributed by atoms with van der Waals surface area (Å²) in [7, 11) is 0. The normalized spacial score (nSPS) is 21.2. The number of hydrogen-bond acceptors (Lipinski definition) is 5.